The van der Waals surface area contributed by atoms with Crippen molar-refractivity contribution in [2.24, 2.45) is 5.92 Å². The Labute approximate surface area is 232 Å². The lowest BCUT2D eigenvalue weighted by Crippen LogP contribution is -2.62. The van der Waals surface area contributed by atoms with Gasteiger partial charge < -0.3 is 39.5 Å². The molecule has 10 nitrogen and oxygen atoms in total. The monoisotopic (exact) mass is 553 g/mol. The number of benzene rings is 2. The van der Waals surface area contributed by atoms with Crippen LogP contribution in [0.3, 0.4) is 0 Å². The minimum Gasteiger partial charge on any atom is -0.479 e. The van der Waals surface area contributed by atoms with Crippen LogP contribution in [-0.4, -0.2) is 80.7 Å². The summed E-state index contributed by atoms with van der Waals surface area (Å²) in [6, 6.07) is 15.3. The first-order valence-electron chi connectivity index (χ1n) is 14.0. The van der Waals surface area contributed by atoms with E-state index in [1.54, 1.807) is 6.07 Å². The van der Waals surface area contributed by atoms with Crippen LogP contribution < -0.4 is 4.74 Å². The maximum atomic E-state index is 13.3. The Balaban J connectivity index is 1.24. The number of hydrogen-bond acceptors (Lipinski definition) is 8. The maximum Gasteiger partial charge on any atom is 0.410 e. The number of carbonyl (C=O) groups excluding carboxylic acids is 1. The minimum absolute atomic E-state index is 0.0352. The van der Waals surface area contributed by atoms with Gasteiger partial charge in [-0.15, -0.1) is 0 Å². The molecule has 40 heavy (non-hydrogen) atoms. The Bertz CT molecular complexity index is 1250. The third kappa shape index (κ3) is 4.62. The number of hydrogen-bond donors (Lipinski definition) is 4. The number of fused-ring (bicyclic) bond motifs is 1. The van der Waals surface area contributed by atoms with E-state index in [1.165, 1.54) is 0 Å². The van der Waals surface area contributed by atoms with Gasteiger partial charge in [-0.2, -0.15) is 0 Å². The Morgan fingerprint density at radius 3 is 2.58 bits per heavy atom. The number of rotatable bonds is 5. The number of aliphatic hydroxyl groups excluding tert-OH is 3. The minimum atomic E-state index is -1.78. The van der Waals surface area contributed by atoms with Crippen molar-refractivity contribution in [2.45, 2.75) is 87.3 Å². The van der Waals surface area contributed by atoms with Crippen molar-refractivity contribution in [2.75, 3.05) is 6.54 Å². The van der Waals surface area contributed by atoms with Crippen molar-refractivity contribution in [1.82, 2.24) is 4.90 Å². The largest absolute Gasteiger partial charge is 0.479 e. The molecule has 2 aliphatic carbocycles. The number of piperidine rings is 1. The average Bonchev–Trinajstić information content (AvgIpc) is 2.97. The summed E-state index contributed by atoms with van der Waals surface area (Å²) in [6.45, 7) is 0.827. The van der Waals surface area contributed by atoms with E-state index in [2.05, 4.69) is 0 Å². The molecule has 8 atom stereocenters. The molecule has 1 saturated carbocycles. The van der Waals surface area contributed by atoms with Crippen molar-refractivity contribution < 1.29 is 44.2 Å². The molecule has 0 radical (unpaired) electrons. The quantitative estimate of drug-likeness (QED) is 0.438. The number of aliphatic hydroxyl groups is 3. The fraction of sp³-hybridized carbons (Fsp3) is 0.533. The van der Waals surface area contributed by atoms with Crippen LogP contribution in [0.15, 0.2) is 48.5 Å². The number of nitrogens with zero attached hydrogens (tertiary/aromatic N) is 1. The van der Waals surface area contributed by atoms with Crippen molar-refractivity contribution in [3.05, 3.63) is 65.2 Å². The second-order valence-electron chi connectivity index (χ2n) is 11.4. The zero-order valence-electron chi connectivity index (χ0n) is 22.1. The van der Waals surface area contributed by atoms with E-state index in [9.17, 15) is 30.0 Å². The lowest BCUT2D eigenvalue weighted by molar-refractivity contribution is -0.271. The molecule has 0 aromatic heterocycles. The molecular weight excluding hydrogens is 518 g/mol. The molecule has 3 fully saturated rings. The molecular formula is C30H35NO9. The van der Waals surface area contributed by atoms with E-state index in [1.807, 2.05) is 47.4 Å². The van der Waals surface area contributed by atoms with Gasteiger partial charge in [0.15, 0.2) is 6.10 Å². The number of ether oxygens (including phenoxy) is 3. The molecule has 2 bridgehead atoms. The highest BCUT2D eigenvalue weighted by Gasteiger charge is 2.55. The van der Waals surface area contributed by atoms with E-state index >= 15 is 0 Å². The fourth-order valence-corrected chi connectivity index (χ4v) is 7.37. The van der Waals surface area contributed by atoms with Crippen molar-refractivity contribution in [3.63, 3.8) is 0 Å². The molecule has 6 rings (SSSR count). The highest BCUT2D eigenvalue weighted by atomic mass is 16.7. The van der Waals surface area contributed by atoms with Gasteiger partial charge >= 0.3 is 12.1 Å². The lowest BCUT2D eigenvalue weighted by Gasteiger charge is -2.58. The summed E-state index contributed by atoms with van der Waals surface area (Å²) in [6.07, 6.45) is -2.95. The normalized spacial score (nSPS) is 34.8. The summed E-state index contributed by atoms with van der Waals surface area (Å²) in [7, 11) is 0. The first-order chi connectivity index (χ1) is 19.3. The Morgan fingerprint density at radius 1 is 1.00 bits per heavy atom. The maximum absolute atomic E-state index is 13.3. The standard InChI is InChI=1S/C30H35NO9/c32-23-24(33)26(27(35)36)40-28(25(23)34)39-19-10-9-18-14-22-20-8-4-5-11-30(20,21(18)15-19)12-13-31(22)29(37)38-16-17-6-2-1-3-7-17/h1-3,6-7,9-10,15,20,22-26,28,32-34H,4-5,8,11-14,16H2,(H,35,36)/t20-,22-,23-,24-,25+,26-,28+,30+/m0/s1. The van der Waals surface area contributed by atoms with E-state index in [0.717, 1.165) is 48.8 Å². The van der Waals surface area contributed by atoms with Crippen LogP contribution in [0.2, 0.25) is 0 Å². The predicted octanol–water partition coefficient (Wildman–Crippen LogP) is 2.35. The Morgan fingerprint density at radius 2 is 1.80 bits per heavy atom. The van der Waals surface area contributed by atoms with Gasteiger partial charge in [0.1, 0.15) is 30.7 Å². The van der Waals surface area contributed by atoms with Crippen LogP contribution in [0, 0.1) is 5.92 Å². The van der Waals surface area contributed by atoms with E-state index in [4.69, 9.17) is 14.2 Å². The van der Waals surface area contributed by atoms with Crippen LogP contribution >= 0.6 is 0 Å². The second kappa shape index (κ2) is 10.7. The number of aliphatic carboxylic acids is 1. The summed E-state index contributed by atoms with van der Waals surface area (Å²) in [4.78, 5) is 26.7. The fourth-order valence-electron chi connectivity index (χ4n) is 7.37. The molecule has 2 aromatic carbocycles. The van der Waals surface area contributed by atoms with Crippen LogP contribution in [0.4, 0.5) is 4.79 Å². The third-order valence-corrected chi connectivity index (χ3v) is 9.31. The number of amides is 1. The smallest absolute Gasteiger partial charge is 0.410 e. The van der Waals surface area contributed by atoms with Crippen LogP contribution in [0.1, 0.15) is 48.8 Å². The zero-order chi connectivity index (χ0) is 28.0. The summed E-state index contributed by atoms with van der Waals surface area (Å²) in [5.41, 5.74) is 3.10. The molecule has 2 heterocycles. The van der Waals surface area contributed by atoms with Crippen molar-refractivity contribution in [1.29, 1.82) is 0 Å². The van der Waals surface area contributed by atoms with E-state index < -0.39 is 36.7 Å². The Kier molecular flexibility index (Phi) is 7.20. The summed E-state index contributed by atoms with van der Waals surface area (Å²) in [5, 5.41) is 40.0. The number of carboxylic acid groups (broad SMARTS) is 1. The average molecular weight is 554 g/mol. The highest BCUT2D eigenvalue weighted by molar-refractivity contribution is 5.73. The molecule has 2 saturated heterocycles. The van der Waals surface area contributed by atoms with Crippen LogP contribution in [0.25, 0.3) is 0 Å². The molecule has 1 amide bonds. The first kappa shape index (κ1) is 27.0. The number of carbonyl (C=O) groups is 2. The summed E-state index contributed by atoms with van der Waals surface area (Å²) < 4.78 is 17.0. The molecule has 2 aromatic rings. The molecule has 2 aliphatic heterocycles. The van der Waals surface area contributed by atoms with Crippen LogP contribution in [0.5, 0.6) is 5.75 Å². The summed E-state index contributed by atoms with van der Waals surface area (Å²) >= 11 is 0. The second-order valence-corrected chi connectivity index (χ2v) is 11.4. The van der Waals surface area contributed by atoms with Gasteiger partial charge in [-0.3, -0.25) is 0 Å². The van der Waals surface area contributed by atoms with Gasteiger partial charge in [0.25, 0.3) is 0 Å². The first-order valence-corrected chi connectivity index (χ1v) is 14.0. The Hall–Kier alpha value is -3.18. The van der Waals surface area contributed by atoms with E-state index in [0.29, 0.717) is 18.7 Å². The molecule has 4 aliphatic rings. The van der Waals surface area contributed by atoms with Gasteiger partial charge in [0.05, 0.1) is 0 Å². The van der Waals surface area contributed by atoms with Gasteiger partial charge in [-0.05, 0) is 60.4 Å². The number of carboxylic acids is 1. The molecule has 0 spiro atoms. The highest BCUT2D eigenvalue weighted by Crippen LogP contribution is 2.56. The molecule has 4 N–H and O–H groups in total. The lowest BCUT2D eigenvalue weighted by atomic mass is 9.52. The molecule has 10 heteroatoms. The van der Waals surface area contributed by atoms with Crippen molar-refractivity contribution >= 4 is 12.1 Å². The van der Waals surface area contributed by atoms with Crippen LogP contribution in [-0.2, 0) is 32.7 Å². The summed E-state index contributed by atoms with van der Waals surface area (Å²) in [5.74, 6) is -0.800. The topological polar surface area (TPSA) is 146 Å². The van der Waals surface area contributed by atoms with E-state index in [-0.39, 0.29) is 30.1 Å². The van der Waals surface area contributed by atoms with Gasteiger partial charge in [0.2, 0.25) is 6.29 Å². The van der Waals surface area contributed by atoms with Gasteiger partial charge in [-0.25, -0.2) is 9.59 Å². The van der Waals surface area contributed by atoms with Gasteiger partial charge in [-0.1, -0.05) is 49.2 Å². The van der Waals surface area contributed by atoms with Gasteiger partial charge in [0, 0.05) is 18.0 Å². The molecule has 0 unspecified atom stereocenters. The SMILES string of the molecule is O=C(O)[C@H]1O[C@@H](Oc2ccc3c(c2)[C@@]24CCCC[C@H]2[C@H](C3)N(C(=O)OCc2ccccc2)CC4)[C@H](O)[C@@H](O)[C@@H]1O. The molecule has 214 valence electrons. The number of likely N-dealkylation sites (tertiary alicyclic amines) is 1. The third-order valence-electron chi connectivity index (χ3n) is 9.31. The zero-order valence-corrected chi connectivity index (χ0v) is 22.1. The van der Waals surface area contributed by atoms with Crippen molar-refractivity contribution in [3.8, 4) is 5.75 Å². The predicted molar refractivity (Wildman–Crippen MR) is 140 cm³/mol.